The average molecular weight is 307 g/mol. The highest BCUT2D eigenvalue weighted by atomic mass is 35.5. The lowest BCUT2D eigenvalue weighted by Crippen LogP contribution is -2.45. The van der Waals surface area contributed by atoms with E-state index in [0.717, 1.165) is 24.4 Å². The summed E-state index contributed by atoms with van der Waals surface area (Å²) in [5.74, 6) is 0. The lowest BCUT2D eigenvalue weighted by atomic mass is 9.97. The van der Waals surface area contributed by atoms with Crippen molar-refractivity contribution in [1.29, 1.82) is 0 Å². The minimum absolute atomic E-state index is 0.119. The summed E-state index contributed by atoms with van der Waals surface area (Å²) in [7, 11) is 0. The summed E-state index contributed by atoms with van der Waals surface area (Å²) in [6.45, 7) is 0.926. The molecule has 2 heterocycles. The summed E-state index contributed by atoms with van der Waals surface area (Å²) in [5.41, 5.74) is 2.63. The molecule has 2 atom stereocenters. The maximum Gasteiger partial charge on any atom is 0.0579 e. The van der Waals surface area contributed by atoms with Crippen molar-refractivity contribution in [2.24, 2.45) is 0 Å². The van der Waals surface area contributed by atoms with Crippen LogP contribution in [0, 0.1) is 0 Å². The van der Waals surface area contributed by atoms with Crippen molar-refractivity contribution >= 4 is 17.3 Å². The maximum atomic E-state index is 10.00. The first-order valence-corrected chi connectivity index (χ1v) is 8.56. The van der Waals surface area contributed by atoms with Gasteiger partial charge in [0.1, 0.15) is 0 Å². The van der Waals surface area contributed by atoms with E-state index < -0.39 is 0 Å². The van der Waals surface area contributed by atoms with Crippen LogP contribution >= 0.6 is 11.6 Å². The molecule has 2 aliphatic heterocycles. The van der Waals surface area contributed by atoms with Gasteiger partial charge in [0.15, 0.2) is 0 Å². The van der Waals surface area contributed by atoms with Crippen molar-refractivity contribution in [3.63, 3.8) is 0 Å². The second kappa shape index (κ2) is 5.45. The van der Waals surface area contributed by atoms with Gasteiger partial charge in [0.2, 0.25) is 0 Å². The van der Waals surface area contributed by atoms with Crippen LogP contribution in [0.3, 0.4) is 0 Å². The van der Waals surface area contributed by atoms with Crippen LogP contribution in [0.5, 0.6) is 0 Å². The number of nitrogens with one attached hydrogen (secondary N) is 1. The Morgan fingerprint density at radius 2 is 1.86 bits per heavy atom. The highest BCUT2D eigenvalue weighted by molar-refractivity contribution is 6.30. The van der Waals surface area contributed by atoms with Crippen LogP contribution in [0.15, 0.2) is 18.2 Å². The predicted octanol–water partition coefficient (Wildman–Crippen LogP) is 3.08. The van der Waals surface area contributed by atoms with Crippen molar-refractivity contribution in [1.82, 2.24) is 5.32 Å². The standard InChI is InChI=1S/C17H23ClN2O/c18-12-2-1-11(10-19-13-3-4-13)17(7-12)20-14-5-6-15(20)9-16(21)8-14/h1-2,7,13-16,19,21H,3-6,8-10H2. The molecule has 21 heavy (non-hydrogen) atoms. The van der Waals surface area contributed by atoms with Crippen LogP contribution in [-0.4, -0.2) is 29.3 Å². The van der Waals surface area contributed by atoms with Crippen LogP contribution in [0.2, 0.25) is 5.02 Å². The molecule has 2 saturated heterocycles. The van der Waals surface area contributed by atoms with Gasteiger partial charge in [0.05, 0.1) is 6.10 Å². The topological polar surface area (TPSA) is 35.5 Å². The molecule has 0 amide bonds. The number of hydrogen-bond donors (Lipinski definition) is 2. The van der Waals surface area contributed by atoms with Gasteiger partial charge in [0.25, 0.3) is 0 Å². The highest BCUT2D eigenvalue weighted by Gasteiger charge is 2.41. The van der Waals surface area contributed by atoms with Crippen LogP contribution in [0.25, 0.3) is 0 Å². The van der Waals surface area contributed by atoms with E-state index >= 15 is 0 Å². The Hall–Kier alpha value is -0.770. The molecule has 2 N–H and O–H groups in total. The largest absolute Gasteiger partial charge is 0.393 e. The summed E-state index contributed by atoms with van der Waals surface area (Å²) >= 11 is 6.26. The number of nitrogens with zero attached hydrogens (tertiary/aromatic N) is 1. The minimum Gasteiger partial charge on any atom is -0.393 e. The van der Waals surface area contributed by atoms with E-state index in [1.54, 1.807) is 0 Å². The third-order valence-corrected chi connectivity index (χ3v) is 5.43. The smallest absolute Gasteiger partial charge is 0.0579 e. The van der Waals surface area contributed by atoms with E-state index in [9.17, 15) is 5.11 Å². The number of benzene rings is 1. The molecular weight excluding hydrogens is 284 g/mol. The average Bonchev–Trinajstić information content (AvgIpc) is 3.23. The van der Waals surface area contributed by atoms with Gasteiger partial charge in [-0.15, -0.1) is 0 Å². The molecule has 0 spiro atoms. The zero-order valence-corrected chi connectivity index (χ0v) is 13.0. The molecule has 3 fully saturated rings. The van der Waals surface area contributed by atoms with E-state index in [2.05, 4.69) is 22.3 Å². The van der Waals surface area contributed by atoms with Crippen LogP contribution in [0.4, 0.5) is 5.69 Å². The molecule has 0 aromatic heterocycles. The zero-order chi connectivity index (χ0) is 14.4. The Balaban J connectivity index is 1.61. The molecule has 114 valence electrons. The SMILES string of the molecule is OC1CC2CCC(C1)N2c1cc(Cl)ccc1CNC1CC1. The van der Waals surface area contributed by atoms with Gasteiger partial charge in [-0.05, 0) is 56.2 Å². The van der Waals surface area contributed by atoms with Crippen LogP contribution in [0.1, 0.15) is 44.1 Å². The number of anilines is 1. The molecule has 1 aromatic carbocycles. The van der Waals surface area contributed by atoms with Gasteiger partial charge in [-0.2, -0.15) is 0 Å². The van der Waals surface area contributed by atoms with Gasteiger partial charge < -0.3 is 15.3 Å². The van der Waals surface area contributed by atoms with Gasteiger partial charge in [-0.3, -0.25) is 0 Å². The number of hydrogen-bond acceptors (Lipinski definition) is 3. The van der Waals surface area contributed by atoms with Gasteiger partial charge in [0, 0.05) is 35.4 Å². The molecule has 3 nitrogen and oxygen atoms in total. The van der Waals surface area contributed by atoms with Crippen molar-refractivity contribution < 1.29 is 5.11 Å². The molecule has 4 rings (SSSR count). The molecule has 2 bridgehead atoms. The first kappa shape index (κ1) is 13.9. The number of aliphatic hydroxyl groups is 1. The van der Waals surface area contributed by atoms with Gasteiger partial charge >= 0.3 is 0 Å². The minimum atomic E-state index is -0.119. The van der Waals surface area contributed by atoms with Crippen molar-refractivity contribution in [3.05, 3.63) is 28.8 Å². The molecule has 1 saturated carbocycles. The summed E-state index contributed by atoms with van der Waals surface area (Å²) in [4.78, 5) is 2.54. The monoisotopic (exact) mass is 306 g/mol. The van der Waals surface area contributed by atoms with E-state index in [-0.39, 0.29) is 6.10 Å². The highest BCUT2D eigenvalue weighted by Crippen LogP contribution is 2.41. The van der Waals surface area contributed by atoms with Crippen molar-refractivity contribution in [3.8, 4) is 0 Å². The third kappa shape index (κ3) is 2.79. The van der Waals surface area contributed by atoms with Crippen LogP contribution < -0.4 is 10.2 Å². The van der Waals surface area contributed by atoms with Crippen molar-refractivity contribution in [2.45, 2.75) is 69.3 Å². The van der Waals surface area contributed by atoms with E-state index in [4.69, 9.17) is 11.6 Å². The zero-order valence-electron chi connectivity index (χ0n) is 12.3. The second-order valence-corrected chi connectivity index (χ2v) is 7.28. The lowest BCUT2D eigenvalue weighted by molar-refractivity contribution is 0.126. The molecule has 1 aliphatic carbocycles. The molecular formula is C17H23ClN2O. The van der Waals surface area contributed by atoms with Gasteiger partial charge in [-0.1, -0.05) is 17.7 Å². The molecule has 3 aliphatic rings. The molecule has 1 aromatic rings. The molecule has 2 unspecified atom stereocenters. The summed E-state index contributed by atoms with van der Waals surface area (Å²) in [6, 6.07) is 7.96. The second-order valence-electron chi connectivity index (χ2n) is 6.85. The van der Waals surface area contributed by atoms with Gasteiger partial charge in [-0.25, -0.2) is 0 Å². The Bertz CT molecular complexity index is 518. The Morgan fingerprint density at radius 1 is 1.14 bits per heavy atom. The number of piperidine rings is 1. The Kier molecular flexibility index (Phi) is 3.60. The van der Waals surface area contributed by atoms with E-state index in [1.807, 2.05) is 6.07 Å². The quantitative estimate of drug-likeness (QED) is 0.897. The number of aliphatic hydroxyl groups excluding tert-OH is 1. The lowest BCUT2D eigenvalue weighted by Gasteiger charge is -2.40. The fourth-order valence-electron chi connectivity index (χ4n) is 4.01. The maximum absolute atomic E-state index is 10.00. The fourth-order valence-corrected chi connectivity index (χ4v) is 4.18. The first-order valence-electron chi connectivity index (χ1n) is 8.19. The first-order chi connectivity index (χ1) is 10.2. The number of rotatable bonds is 4. The van der Waals surface area contributed by atoms with E-state index in [0.29, 0.717) is 18.1 Å². The number of fused-ring (bicyclic) bond motifs is 2. The normalized spacial score (nSPS) is 31.7. The molecule has 0 radical (unpaired) electrons. The van der Waals surface area contributed by atoms with Crippen molar-refractivity contribution in [2.75, 3.05) is 4.90 Å². The Morgan fingerprint density at radius 3 is 2.52 bits per heavy atom. The predicted molar refractivity (Wildman–Crippen MR) is 85.8 cm³/mol. The summed E-state index contributed by atoms with van der Waals surface area (Å²) < 4.78 is 0. The Labute approximate surface area is 131 Å². The fraction of sp³-hybridized carbons (Fsp3) is 0.647. The summed E-state index contributed by atoms with van der Waals surface area (Å²) in [5, 5.41) is 14.4. The van der Waals surface area contributed by atoms with E-state index in [1.165, 1.54) is 36.9 Å². The third-order valence-electron chi connectivity index (χ3n) is 5.19. The number of halogens is 1. The van der Waals surface area contributed by atoms with Crippen LogP contribution in [-0.2, 0) is 6.54 Å². The molecule has 4 heteroatoms. The summed E-state index contributed by atoms with van der Waals surface area (Å²) in [6.07, 6.45) is 6.70.